The van der Waals surface area contributed by atoms with Crippen LogP contribution in [0.15, 0.2) is 18.3 Å². The van der Waals surface area contributed by atoms with Crippen LogP contribution in [0.3, 0.4) is 0 Å². The molecule has 12 heavy (non-hydrogen) atoms. The first-order valence-electron chi connectivity index (χ1n) is 3.45. The molecule has 0 radical (unpaired) electrons. The van der Waals surface area contributed by atoms with Crippen molar-refractivity contribution in [2.75, 3.05) is 0 Å². The topological polar surface area (TPSA) is 17.8 Å². The molecule has 0 amide bonds. The number of aromatic nitrogens is 2. The van der Waals surface area contributed by atoms with Crippen LogP contribution in [0.25, 0.3) is 10.9 Å². The average molecular weight is 168 g/mol. The van der Waals surface area contributed by atoms with E-state index in [0.29, 0.717) is 5.39 Å². The fourth-order valence-electron chi connectivity index (χ4n) is 1.18. The number of aryl methyl sites for hydroxylation is 1. The van der Waals surface area contributed by atoms with E-state index in [9.17, 15) is 8.78 Å². The van der Waals surface area contributed by atoms with Gasteiger partial charge in [0, 0.05) is 24.7 Å². The summed E-state index contributed by atoms with van der Waals surface area (Å²) in [4.78, 5) is 0. The molecular formula is C8H6F2N2. The van der Waals surface area contributed by atoms with Crippen LogP contribution in [0.4, 0.5) is 8.78 Å². The summed E-state index contributed by atoms with van der Waals surface area (Å²) in [6.45, 7) is 0. The van der Waals surface area contributed by atoms with Gasteiger partial charge in [-0.3, -0.25) is 4.68 Å². The summed E-state index contributed by atoms with van der Waals surface area (Å²) >= 11 is 0. The predicted octanol–water partition coefficient (Wildman–Crippen LogP) is 1.85. The largest absolute Gasteiger partial charge is 0.274 e. The summed E-state index contributed by atoms with van der Waals surface area (Å²) in [6.07, 6.45) is 1.57. The summed E-state index contributed by atoms with van der Waals surface area (Å²) in [5, 5.41) is 4.31. The van der Waals surface area contributed by atoms with Crippen molar-refractivity contribution in [1.82, 2.24) is 9.78 Å². The van der Waals surface area contributed by atoms with Crippen molar-refractivity contribution >= 4 is 10.9 Å². The third kappa shape index (κ3) is 0.958. The fourth-order valence-corrected chi connectivity index (χ4v) is 1.18. The number of nitrogens with zero attached hydrogens (tertiary/aromatic N) is 2. The minimum absolute atomic E-state index is 0.207. The maximum Gasteiger partial charge on any atom is 0.154 e. The van der Waals surface area contributed by atoms with Crippen molar-refractivity contribution in [2.45, 2.75) is 0 Å². The van der Waals surface area contributed by atoms with Gasteiger partial charge in [0.2, 0.25) is 0 Å². The van der Waals surface area contributed by atoms with Crippen molar-refractivity contribution in [3.8, 4) is 0 Å². The SMILES string of the molecule is Cn1cc2cc(F)cc(F)c2n1. The van der Waals surface area contributed by atoms with Gasteiger partial charge < -0.3 is 0 Å². The smallest absolute Gasteiger partial charge is 0.154 e. The molecule has 0 aliphatic heterocycles. The first-order valence-corrected chi connectivity index (χ1v) is 3.45. The van der Waals surface area contributed by atoms with Crippen molar-refractivity contribution in [3.63, 3.8) is 0 Å². The molecule has 2 rings (SSSR count). The Bertz CT molecular complexity index is 434. The predicted molar refractivity (Wildman–Crippen MR) is 40.6 cm³/mol. The van der Waals surface area contributed by atoms with E-state index in [-0.39, 0.29) is 5.52 Å². The Morgan fingerprint density at radius 3 is 2.83 bits per heavy atom. The molecule has 1 aromatic heterocycles. The van der Waals surface area contributed by atoms with Crippen molar-refractivity contribution in [2.24, 2.45) is 7.05 Å². The second-order valence-electron chi connectivity index (χ2n) is 2.63. The minimum atomic E-state index is -0.620. The van der Waals surface area contributed by atoms with Gasteiger partial charge in [-0.15, -0.1) is 0 Å². The fraction of sp³-hybridized carbons (Fsp3) is 0.125. The standard InChI is InChI=1S/C8H6F2N2/c1-12-4-5-2-6(9)3-7(10)8(5)11-12/h2-4H,1H3. The summed E-state index contributed by atoms with van der Waals surface area (Å²) in [7, 11) is 1.66. The Labute approximate surface area is 67.4 Å². The van der Waals surface area contributed by atoms with Crippen LogP contribution in [0.5, 0.6) is 0 Å². The molecule has 0 fully saturated rings. The van der Waals surface area contributed by atoms with Crippen LogP contribution in [0.1, 0.15) is 0 Å². The summed E-state index contributed by atoms with van der Waals surface area (Å²) in [6, 6.07) is 2.08. The van der Waals surface area contributed by atoms with Gasteiger partial charge in [0.05, 0.1) is 0 Å². The molecule has 4 heteroatoms. The molecule has 0 N–H and O–H groups in total. The number of rotatable bonds is 0. The summed E-state index contributed by atoms with van der Waals surface area (Å²) in [5.74, 6) is -1.20. The lowest BCUT2D eigenvalue weighted by atomic mass is 10.2. The molecule has 2 nitrogen and oxygen atoms in total. The molecule has 0 unspecified atom stereocenters. The molecule has 1 heterocycles. The molecule has 0 saturated heterocycles. The highest BCUT2D eigenvalue weighted by atomic mass is 19.1. The van der Waals surface area contributed by atoms with Gasteiger partial charge in [0.15, 0.2) is 5.82 Å². The summed E-state index contributed by atoms with van der Waals surface area (Å²) < 4.78 is 27.0. The zero-order valence-electron chi connectivity index (χ0n) is 6.38. The monoisotopic (exact) mass is 168 g/mol. The Kier molecular flexibility index (Phi) is 1.36. The van der Waals surface area contributed by atoms with E-state index in [1.54, 1.807) is 13.2 Å². The van der Waals surface area contributed by atoms with Gasteiger partial charge in [-0.05, 0) is 6.07 Å². The highest BCUT2D eigenvalue weighted by molar-refractivity contribution is 5.78. The molecule has 2 aromatic rings. The average Bonchev–Trinajstić information content (AvgIpc) is 2.29. The van der Waals surface area contributed by atoms with E-state index in [4.69, 9.17) is 0 Å². The van der Waals surface area contributed by atoms with Gasteiger partial charge in [0.25, 0.3) is 0 Å². The van der Waals surface area contributed by atoms with E-state index in [0.717, 1.165) is 6.07 Å². The third-order valence-corrected chi connectivity index (χ3v) is 1.64. The van der Waals surface area contributed by atoms with Gasteiger partial charge in [-0.1, -0.05) is 0 Å². The van der Waals surface area contributed by atoms with Crippen molar-refractivity contribution in [3.05, 3.63) is 30.0 Å². The number of hydrogen-bond donors (Lipinski definition) is 0. The van der Waals surface area contributed by atoms with Crippen LogP contribution in [0.2, 0.25) is 0 Å². The van der Waals surface area contributed by atoms with E-state index in [1.807, 2.05) is 0 Å². The lowest BCUT2D eigenvalue weighted by Crippen LogP contribution is -1.86. The van der Waals surface area contributed by atoms with E-state index >= 15 is 0 Å². The van der Waals surface area contributed by atoms with E-state index < -0.39 is 11.6 Å². The van der Waals surface area contributed by atoms with E-state index in [2.05, 4.69) is 5.10 Å². The molecule has 0 atom stereocenters. The van der Waals surface area contributed by atoms with E-state index in [1.165, 1.54) is 10.7 Å². The Balaban J connectivity index is 2.88. The zero-order chi connectivity index (χ0) is 8.72. The third-order valence-electron chi connectivity index (χ3n) is 1.64. The van der Waals surface area contributed by atoms with Gasteiger partial charge in [0.1, 0.15) is 11.3 Å². The molecule has 0 aliphatic carbocycles. The van der Waals surface area contributed by atoms with Crippen molar-refractivity contribution < 1.29 is 8.78 Å². The van der Waals surface area contributed by atoms with Crippen LogP contribution in [-0.4, -0.2) is 9.78 Å². The molecule has 1 aromatic carbocycles. The number of fused-ring (bicyclic) bond motifs is 1. The molecule has 0 spiro atoms. The molecule has 0 bridgehead atoms. The van der Waals surface area contributed by atoms with Crippen LogP contribution in [-0.2, 0) is 7.05 Å². The van der Waals surface area contributed by atoms with Crippen molar-refractivity contribution in [1.29, 1.82) is 0 Å². The Morgan fingerprint density at radius 2 is 2.08 bits per heavy atom. The lowest BCUT2D eigenvalue weighted by molar-refractivity contribution is 0.589. The molecular weight excluding hydrogens is 162 g/mol. The maximum absolute atomic E-state index is 12.9. The van der Waals surface area contributed by atoms with Crippen LogP contribution >= 0.6 is 0 Å². The highest BCUT2D eigenvalue weighted by Gasteiger charge is 2.06. The first-order chi connectivity index (χ1) is 5.66. The Morgan fingerprint density at radius 1 is 1.33 bits per heavy atom. The van der Waals surface area contributed by atoms with Gasteiger partial charge >= 0.3 is 0 Å². The summed E-state index contributed by atoms with van der Waals surface area (Å²) in [5.41, 5.74) is 0.207. The zero-order valence-corrected chi connectivity index (χ0v) is 6.38. The second kappa shape index (κ2) is 2.27. The number of benzene rings is 1. The molecule has 0 saturated carbocycles. The highest BCUT2D eigenvalue weighted by Crippen LogP contribution is 2.16. The first kappa shape index (κ1) is 7.21. The van der Waals surface area contributed by atoms with Crippen LogP contribution in [0, 0.1) is 11.6 Å². The number of hydrogen-bond acceptors (Lipinski definition) is 1. The number of halogens is 2. The normalized spacial score (nSPS) is 10.9. The Hall–Kier alpha value is -1.45. The molecule has 62 valence electrons. The minimum Gasteiger partial charge on any atom is -0.274 e. The van der Waals surface area contributed by atoms with Crippen LogP contribution < -0.4 is 0 Å². The molecule has 0 aliphatic rings. The van der Waals surface area contributed by atoms with Gasteiger partial charge in [-0.2, -0.15) is 5.10 Å². The maximum atomic E-state index is 12.9. The van der Waals surface area contributed by atoms with Gasteiger partial charge in [-0.25, -0.2) is 8.78 Å². The second-order valence-corrected chi connectivity index (χ2v) is 2.63. The quantitative estimate of drug-likeness (QED) is 0.587. The lowest BCUT2D eigenvalue weighted by Gasteiger charge is -1.89.